The Labute approximate surface area is 98.5 Å². The highest BCUT2D eigenvalue weighted by Crippen LogP contribution is 2.30. The van der Waals surface area contributed by atoms with Gasteiger partial charge in [0.1, 0.15) is 0 Å². The summed E-state index contributed by atoms with van der Waals surface area (Å²) in [5, 5.41) is 17.9. The SMILES string of the molecule is O=C(O)C(O)Cc1ccc2c(c1)CCCS2. The Bertz CT molecular complexity index is 403. The molecule has 1 aromatic rings. The molecule has 0 aromatic heterocycles. The van der Waals surface area contributed by atoms with Gasteiger partial charge in [-0.1, -0.05) is 12.1 Å². The zero-order valence-corrected chi connectivity index (χ0v) is 9.67. The third kappa shape index (κ3) is 2.57. The number of aryl methyl sites for hydroxylation is 1. The summed E-state index contributed by atoms with van der Waals surface area (Å²) in [6, 6.07) is 5.96. The molecule has 1 aliphatic heterocycles. The summed E-state index contributed by atoms with van der Waals surface area (Å²) in [5.41, 5.74) is 2.18. The summed E-state index contributed by atoms with van der Waals surface area (Å²) < 4.78 is 0. The van der Waals surface area contributed by atoms with Gasteiger partial charge in [-0.25, -0.2) is 4.79 Å². The number of carbonyl (C=O) groups is 1. The summed E-state index contributed by atoms with van der Waals surface area (Å²) >= 11 is 1.84. The molecular formula is C12H14O3S. The normalized spacial score (nSPS) is 16.6. The molecule has 0 spiro atoms. The number of fused-ring (bicyclic) bond motifs is 1. The second-order valence-corrected chi connectivity index (χ2v) is 5.09. The van der Waals surface area contributed by atoms with E-state index in [0.29, 0.717) is 0 Å². The summed E-state index contributed by atoms with van der Waals surface area (Å²) in [7, 11) is 0. The second-order valence-electron chi connectivity index (χ2n) is 3.95. The third-order valence-electron chi connectivity index (χ3n) is 2.69. The lowest BCUT2D eigenvalue weighted by atomic mass is 10.0. The summed E-state index contributed by atoms with van der Waals surface area (Å²) in [6.07, 6.45) is 1.11. The lowest BCUT2D eigenvalue weighted by molar-refractivity contribution is -0.146. The maximum Gasteiger partial charge on any atom is 0.332 e. The molecule has 2 rings (SSSR count). The van der Waals surface area contributed by atoms with Crippen molar-refractivity contribution in [3.8, 4) is 0 Å². The smallest absolute Gasteiger partial charge is 0.332 e. The fourth-order valence-corrected chi connectivity index (χ4v) is 2.87. The van der Waals surface area contributed by atoms with Crippen molar-refractivity contribution >= 4 is 17.7 Å². The minimum absolute atomic E-state index is 0.188. The fraction of sp³-hybridized carbons (Fsp3) is 0.417. The number of aliphatic hydroxyl groups is 1. The molecule has 4 heteroatoms. The summed E-state index contributed by atoms with van der Waals surface area (Å²) in [6.45, 7) is 0. The van der Waals surface area contributed by atoms with E-state index in [1.165, 1.54) is 16.9 Å². The first-order valence-corrected chi connectivity index (χ1v) is 6.31. The fourth-order valence-electron chi connectivity index (χ4n) is 1.85. The van der Waals surface area contributed by atoms with Crippen LogP contribution in [0.15, 0.2) is 23.1 Å². The minimum Gasteiger partial charge on any atom is -0.479 e. The van der Waals surface area contributed by atoms with Crippen LogP contribution in [0.1, 0.15) is 17.5 Å². The Morgan fingerprint density at radius 1 is 1.50 bits per heavy atom. The van der Waals surface area contributed by atoms with Crippen LogP contribution in [-0.2, 0) is 17.6 Å². The highest BCUT2D eigenvalue weighted by atomic mass is 32.2. The number of hydrogen-bond acceptors (Lipinski definition) is 3. The molecule has 0 amide bonds. The largest absolute Gasteiger partial charge is 0.479 e. The highest BCUT2D eigenvalue weighted by Gasteiger charge is 2.15. The monoisotopic (exact) mass is 238 g/mol. The zero-order chi connectivity index (χ0) is 11.5. The molecular weight excluding hydrogens is 224 g/mol. The van der Waals surface area contributed by atoms with Crippen LogP contribution in [0.2, 0.25) is 0 Å². The minimum atomic E-state index is -1.30. The number of hydrogen-bond donors (Lipinski definition) is 2. The van der Waals surface area contributed by atoms with E-state index in [-0.39, 0.29) is 6.42 Å². The molecule has 0 fully saturated rings. The molecule has 1 atom stereocenters. The lowest BCUT2D eigenvalue weighted by Crippen LogP contribution is -2.22. The van der Waals surface area contributed by atoms with Crippen LogP contribution in [0.4, 0.5) is 0 Å². The van der Waals surface area contributed by atoms with Crippen molar-refractivity contribution in [1.82, 2.24) is 0 Å². The molecule has 16 heavy (non-hydrogen) atoms. The molecule has 1 aliphatic rings. The third-order valence-corrected chi connectivity index (χ3v) is 3.89. The molecule has 1 aromatic carbocycles. The number of rotatable bonds is 3. The van der Waals surface area contributed by atoms with Gasteiger partial charge in [0.25, 0.3) is 0 Å². The van der Waals surface area contributed by atoms with Crippen LogP contribution < -0.4 is 0 Å². The Balaban J connectivity index is 2.14. The van der Waals surface area contributed by atoms with Gasteiger partial charge in [0.05, 0.1) is 0 Å². The average molecular weight is 238 g/mol. The van der Waals surface area contributed by atoms with Gasteiger partial charge in [0.2, 0.25) is 0 Å². The number of carboxylic acid groups (broad SMARTS) is 1. The topological polar surface area (TPSA) is 57.5 Å². The number of benzene rings is 1. The van der Waals surface area contributed by atoms with E-state index in [4.69, 9.17) is 5.11 Å². The van der Waals surface area contributed by atoms with Crippen LogP contribution in [0.5, 0.6) is 0 Å². The van der Waals surface area contributed by atoms with Crippen molar-refractivity contribution < 1.29 is 15.0 Å². The maximum atomic E-state index is 10.5. The van der Waals surface area contributed by atoms with Crippen molar-refractivity contribution in [3.63, 3.8) is 0 Å². The molecule has 0 aliphatic carbocycles. The second kappa shape index (κ2) is 4.89. The predicted octanol–water partition coefficient (Wildman–Crippen LogP) is 1.71. The number of carboxylic acids is 1. The van der Waals surface area contributed by atoms with Gasteiger partial charge in [0, 0.05) is 11.3 Å². The van der Waals surface area contributed by atoms with Crippen molar-refractivity contribution in [2.24, 2.45) is 0 Å². The van der Waals surface area contributed by atoms with Crippen LogP contribution in [0, 0.1) is 0 Å². The highest BCUT2D eigenvalue weighted by molar-refractivity contribution is 7.99. The van der Waals surface area contributed by atoms with Crippen molar-refractivity contribution in [2.45, 2.75) is 30.3 Å². The first kappa shape index (κ1) is 11.5. The Morgan fingerprint density at radius 2 is 2.31 bits per heavy atom. The van der Waals surface area contributed by atoms with E-state index in [1.54, 1.807) is 0 Å². The maximum absolute atomic E-state index is 10.5. The van der Waals surface area contributed by atoms with Crippen LogP contribution in [-0.4, -0.2) is 28.0 Å². The standard InChI is InChI=1S/C12H14O3S/c13-10(12(14)15)7-8-3-4-11-9(6-8)2-1-5-16-11/h3-4,6,10,13H,1-2,5,7H2,(H,14,15). The average Bonchev–Trinajstić information content (AvgIpc) is 2.28. The van der Waals surface area contributed by atoms with Gasteiger partial charge < -0.3 is 10.2 Å². The summed E-state index contributed by atoms with van der Waals surface area (Å²) in [5.74, 6) is -0.00325. The molecule has 2 N–H and O–H groups in total. The van der Waals surface area contributed by atoms with Crippen LogP contribution in [0.3, 0.4) is 0 Å². The van der Waals surface area contributed by atoms with Crippen LogP contribution in [0.25, 0.3) is 0 Å². The molecule has 0 bridgehead atoms. The Hall–Kier alpha value is -1.00. The predicted molar refractivity (Wildman–Crippen MR) is 62.8 cm³/mol. The van der Waals surface area contributed by atoms with Gasteiger partial charge in [0.15, 0.2) is 6.10 Å². The van der Waals surface area contributed by atoms with Crippen LogP contribution >= 0.6 is 11.8 Å². The molecule has 86 valence electrons. The van der Waals surface area contributed by atoms with Crippen molar-refractivity contribution in [2.75, 3.05) is 5.75 Å². The van der Waals surface area contributed by atoms with E-state index in [2.05, 4.69) is 0 Å². The molecule has 1 unspecified atom stereocenters. The molecule has 0 saturated heterocycles. The number of aliphatic hydroxyl groups excluding tert-OH is 1. The van der Waals surface area contributed by atoms with Gasteiger partial charge in [-0.3, -0.25) is 0 Å². The van der Waals surface area contributed by atoms with Crippen molar-refractivity contribution in [3.05, 3.63) is 29.3 Å². The Morgan fingerprint density at radius 3 is 3.06 bits per heavy atom. The van der Waals surface area contributed by atoms with E-state index < -0.39 is 12.1 Å². The Kier molecular flexibility index (Phi) is 3.51. The van der Waals surface area contributed by atoms with Gasteiger partial charge in [-0.15, -0.1) is 11.8 Å². The van der Waals surface area contributed by atoms with E-state index >= 15 is 0 Å². The van der Waals surface area contributed by atoms with Crippen molar-refractivity contribution in [1.29, 1.82) is 0 Å². The van der Waals surface area contributed by atoms with E-state index in [0.717, 1.165) is 17.7 Å². The number of thioether (sulfide) groups is 1. The van der Waals surface area contributed by atoms with Gasteiger partial charge in [-0.2, -0.15) is 0 Å². The van der Waals surface area contributed by atoms with E-state index in [9.17, 15) is 9.90 Å². The first-order chi connectivity index (χ1) is 7.66. The van der Waals surface area contributed by atoms with Gasteiger partial charge >= 0.3 is 5.97 Å². The van der Waals surface area contributed by atoms with E-state index in [1.807, 2.05) is 30.0 Å². The first-order valence-electron chi connectivity index (χ1n) is 5.32. The quantitative estimate of drug-likeness (QED) is 0.841. The number of aliphatic carboxylic acids is 1. The zero-order valence-electron chi connectivity index (χ0n) is 8.85. The van der Waals surface area contributed by atoms with Gasteiger partial charge in [-0.05, 0) is 35.8 Å². The summed E-state index contributed by atoms with van der Waals surface area (Å²) in [4.78, 5) is 11.8. The molecule has 1 heterocycles. The molecule has 3 nitrogen and oxygen atoms in total. The lowest BCUT2D eigenvalue weighted by Gasteiger charge is -2.16. The molecule has 0 saturated carbocycles. The molecule has 0 radical (unpaired) electrons.